The lowest BCUT2D eigenvalue weighted by atomic mass is 10.1. The van der Waals surface area contributed by atoms with Gasteiger partial charge in [0.15, 0.2) is 11.6 Å². The summed E-state index contributed by atoms with van der Waals surface area (Å²) in [4.78, 5) is 21.5. The molecule has 8 nitrogen and oxygen atoms in total. The van der Waals surface area contributed by atoms with Gasteiger partial charge in [-0.15, -0.1) is 0 Å². The fourth-order valence-electron chi connectivity index (χ4n) is 3.09. The van der Waals surface area contributed by atoms with Gasteiger partial charge in [-0.2, -0.15) is 13.2 Å². The minimum atomic E-state index is -4.57. The number of nitro groups is 1. The number of hydrogen-bond donors (Lipinski definition) is 2. The molecule has 3 aromatic rings. The van der Waals surface area contributed by atoms with Crippen LogP contribution in [0.2, 0.25) is 5.02 Å². The van der Waals surface area contributed by atoms with Crippen LogP contribution in [-0.4, -0.2) is 47.0 Å². The highest BCUT2D eigenvalue weighted by Crippen LogP contribution is 2.35. The largest absolute Gasteiger partial charge is 0.417 e. The molecular formula is C21H22ClF3N6O2. The van der Waals surface area contributed by atoms with Crippen LogP contribution in [0.5, 0.6) is 0 Å². The van der Waals surface area contributed by atoms with Crippen molar-refractivity contribution in [2.45, 2.75) is 19.1 Å². The van der Waals surface area contributed by atoms with Crippen LogP contribution in [0.3, 0.4) is 0 Å². The number of benzene rings is 2. The summed E-state index contributed by atoms with van der Waals surface area (Å²) in [6.45, 7) is 1.42. The van der Waals surface area contributed by atoms with Gasteiger partial charge in [0.25, 0.3) is 5.69 Å². The second-order valence-corrected chi connectivity index (χ2v) is 8.01. The molecule has 0 radical (unpaired) electrons. The second-order valence-electron chi connectivity index (χ2n) is 7.60. The highest BCUT2D eigenvalue weighted by molar-refractivity contribution is 6.31. The fraction of sp³-hybridized carbons (Fsp3) is 0.333. The zero-order valence-electron chi connectivity index (χ0n) is 17.9. The second kappa shape index (κ2) is 10.2. The van der Waals surface area contributed by atoms with Gasteiger partial charge in [0, 0.05) is 25.2 Å². The minimum Gasteiger partial charge on any atom is -0.367 e. The fourth-order valence-corrected chi connectivity index (χ4v) is 3.31. The number of nitrogens with one attached hydrogen (secondary N) is 2. The Morgan fingerprint density at radius 1 is 1.06 bits per heavy atom. The van der Waals surface area contributed by atoms with Crippen LogP contribution in [0, 0.1) is 10.1 Å². The highest BCUT2D eigenvalue weighted by Gasteiger charge is 2.33. The van der Waals surface area contributed by atoms with Crippen molar-refractivity contribution in [3.8, 4) is 0 Å². The van der Waals surface area contributed by atoms with Crippen molar-refractivity contribution in [3.63, 3.8) is 0 Å². The third kappa shape index (κ3) is 6.42. The molecule has 1 heterocycles. The Bertz CT molecular complexity index is 1160. The van der Waals surface area contributed by atoms with Gasteiger partial charge in [-0.25, -0.2) is 9.97 Å². The maximum absolute atomic E-state index is 13.2. The van der Waals surface area contributed by atoms with Gasteiger partial charge in [-0.1, -0.05) is 17.7 Å². The Morgan fingerprint density at radius 3 is 2.42 bits per heavy atom. The predicted molar refractivity (Wildman–Crippen MR) is 122 cm³/mol. The molecule has 0 spiro atoms. The van der Waals surface area contributed by atoms with E-state index in [-0.39, 0.29) is 17.3 Å². The molecule has 0 unspecified atom stereocenters. The van der Waals surface area contributed by atoms with Crippen molar-refractivity contribution in [2.24, 2.45) is 0 Å². The summed E-state index contributed by atoms with van der Waals surface area (Å²) in [5.41, 5.74) is 0.0694. The molecule has 0 saturated heterocycles. The van der Waals surface area contributed by atoms with Crippen LogP contribution >= 0.6 is 11.6 Å². The maximum atomic E-state index is 13.2. The van der Waals surface area contributed by atoms with E-state index < -0.39 is 16.7 Å². The summed E-state index contributed by atoms with van der Waals surface area (Å²) in [5.74, 6) is 0.677. The van der Waals surface area contributed by atoms with Gasteiger partial charge in [0.05, 0.1) is 26.5 Å². The Hall–Kier alpha value is -3.18. The van der Waals surface area contributed by atoms with Gasteiger partial charge in [-0.05, 0) is 50.8 Å². The van der Waals surface area contributed by atoms with Gasteiger partial charge in [0.2, 0.25) is 0 Å². The Labute approximate surface area is 192 Å². The van der Waals surface area contributed by atoms with Gasteiger partial charge < -0.3 is 15.5 Å². The quantitative estimate of drug-likeness (QED) is 0.246. The molecule has 0 aliphatic rings. The summed E-state index contributed by atoms with van der Waals surface area (Å²) in [7, 11) is 3.90. The molecule has 33 heavy (non-hydrogen) atoms. The molecule has 0 atom stereocenters. The first-order valence-electron chi connectivity index (χ1n) is 9.99. The van der Waals surface area contributed by atoms with Gasteiger partial charge in [0.1, 0.15) is 0 Å². The van der Waals surface area contributed by atoms with Crippen molar-refractivity contribution >= 4 is 40.0 Å². The number of aromatic nitrogens is 2. The van der Waals surface area contributed by atoms with Gasteiger partial charge >= 0.3 is 6.18 Å². The number of rotatable bonds is 9. The zero-order chi connectivity index (χ0) is 24.2. The first-order valence-corrected chi connectivity index (χ1v) is 10.4. The number of alkyl halides is 3. The highest BCUT2D eigenvalue weighted by atomic mass is 35.5. The number of anilines is 2. The van der Waals surface area contributed by atoms with E-state index in [4.69, 9.17) is 11.6 Å². The number of hydrogen-bond acceptors (Lipinski definition) is 7. The van der Waals surface area contributed by atoms with Crippen LogP contribution in [0.4, 0.5) is 30.5 Å². The average Bonchev–Trinajstić information content (AvgIpc) is 2.74. The number of nitrogens with zero attached hydrogens (tertiary/aromatic N) is 4. The molecule has 0 aliphatic heterocycles. The standard InChI is InChI=1S/C21H22ClF3N6O2/c1-30(2)9-3-8-26-19-20(28-17-7-5-14(31(32)33)11-18(17)29-19)27-12-13-4-6-16(22)15(10-13)21(23,24)25/h4-7,10-11H,3,8-9,12H2,1-2H3,(H,26,29)(H,27,28). The average molecular weight is 483 g/mol. The Kier molecular flexibility index (Phi) is 7.54. The zero-order valence-corrected chi connectivity index (χ0v) is 18.7. The number of fused-ring (bicyclic) bond motifs is 1. The third-order valence-corrected chi connectivity index (χ3v) is 5.06. The van der Waals surface area contributed by atoms with Crippen LogP contribution in [0.15, 0.2) is 36.4 Å². The van der Waals surface area contributed by atoms with Crippen molar-refractivity contribution in [1.29, 1.82) is 0 Å². The number of non-ortho nitro benzene ring substituents is 1. The molecule has 2 aromatic carbocycles. The number of nitro benzene ring substituents is 1. The molecule has 0 amide bonds. The topological polar surface area (TPSA) is 96.2 Å². The van der Waals surface area contributed by atoms with E-state index >= 15 is 0 Å². The molecule has 0 bridgehead atoms. The maximum Gasteiger partial charge on any atom is 0.417 e. The first kappa shape index (κ1) is 24.5. The molecule has 3 rings (SSSR count). The van der Waals surface area contributed by atoms with Crippen molar-refractivity contribution in [1.82, 2.24) is 14.9 Å². The smallest absolute Gasteiger partial charge is 0.367 e. The van der Waals surface area contributed by atoms with E-state index in [1.807, 2.05) is 19.0 Å². The van der Waals surface area contributed by atoms with E-state index in [0.29, 0.717) is 34.8 Å². The summed E-state index contributed by atoms with van der Waals surface area (Å²) < 4.78 is 39.5. The lowest BCUT2D eigenvalue weighted by Crippen LogP contribution is -2.17. The molecule has 12 heteroatoms. The summed E-state index contributed by atoms with van der Waals surface area (Å²) in [5, 5.41) is 16.9. The SMILES string of the molecule is CN(C)CCCNc1nc2cc([N+](=O)[O-])ccc2nc1NCc1ccc(Cl)c(C(F)(F)F)c1. The van der Waals surface area contributed by atoms with E-state index in [9.17, 15) is 23.3 Å². The van der Waals surface area contributed by atoms with Crippen molar-refractivity contribution < 1.29 is 18.1 Å². The van der Waals surface area contributed by atoms with Crippen molar-refractivity contribution in [3.05, 3.63) is 62.7 Å². The molecule has 2 N–H and O–H groups in total. The van der Waals surface area contributed by atoms with Crippen LogP contribution in [0.25, 0.3) is 11.0 Å². The molecule has 0 aliphatic carbocycles. The molecule has 1 aromatic heterocycles. The molecular weight excluding hydrogens is 461 g/mol. The van der Waals surface area contributed by atoms with Crippen LogP contribution in [0.1, 0.15) is 17.5 Å². The summed E-state index contributed by atoms with van der Waals surface area (Å²) in [6.07, 6.45) is -3.77. The first-order chi connectivity index (χ1) is 15.5. The lowest BCUT2D eigenvalue weighted by molar-refractivity contribution is -0.384. The third-order valence-electron chi connectivity index (χ3n) is 4.73. The molecule has 0 saturated carbocycles. The Morgan fingerprint density at radius 2 is 1.76 bits per heavy atom. The summed E-state index contributed by atoms with van der Waals surface area (Å²) in [6, 6.07) is 7.80. The van der Waals surface area contributed by atoms with Crippen LogP contribution in [-0.2, 0) is 12.7 Å². The van der Waals surface area contributed by atoms with E-state index in [1.54, 1.807) is 0 Å². The predicted octanol–water partition coefficient (Wildman–Crippen LogP) is 5.19. The Balaban J connectivity index is 1.88. The van der Waals surface area contributed by atoms with Gasteiger partial charge in [-0.3, -0.25) is 10.1 Å². The minimum absolute atomic E-state index is 0.0415. The molecule has 176 valence electrons. The van der Waals surface area contributed by atoms with Crippen molar-refractivity contribution in [2.75, 3.05) is 37.8 Å². The van der Waals surface area contributed by atoms with Crippen LogP contribution < -0.4 is 10.6 Å². The normalized spacial score (nSPS) is 11.7. The number of halogens is 4. The van der Waals surface area contributed by atoms with E-state index in [1.165, 1.54) is 30.3 Å². The lowest BCUT2D eigenvalue weighted by Gasteiger charge is -2.15. The monoisotopic (exact) mass is 482 g/mol. The molecule has 0 fully saturated rings. The van der Waals surface area contributed by atoms with E-state index in [2.05, 4.69) is 20.6 Å². The van der Waals surface area contributed by atoms with E-state index in [0.717, 1.165) is 19.0 Å². The summed E-state index contributed by atoms with van der Waals surface area (Å²) >= 11 is 5.69.